The first-order valence-corrected chi connectivity index (χ1v) is 9.77. The maximum absolute atomic E-state index is 14.3. The topological polar surface area (TPSA) is 76.0 Å². The molecule has 154 valence electrons. The second kappa shape index (κ2) is 8.20. The number of piperazine rings is 1. The number of hydrogen-bond acceptors (Lipinski definition) is 5. The van der Waals surface area contributed by atoms with Crippen molar-refractivity contribution in [3.05, 3.63) is 69.4 Å². The molecule has 2 aromatic heterocycles. The standard InChI is InChI=1S/C22H21F2N5O/c1-14(23)17-10-19-20(27-22(17)30)9-16(12-26-19)13-28-4-6-29(7-5-28)21-3-2-15(11-25)8-18(21)24/h2-3,8-10,12,14H,4-7,13H2,1H3,(H,27,30). The van der Waals surface area contributed by atoms with Crippen LogP contribution in [-0.4, -0.2) is 41.0 Å². The number of nitrogens with zero attached hydrogens (tertiary/aromatic N) is 4. The summed E-state index contributed by atoms with van der Waals surface area (Å²) in [6.07, 6.45) is 0.386. The van der Waals surface area contributed by atoms with Crippen LogP contribution in [-0.2, 0) is 6.54 Å². The molecule has 0 saturated carbocycles. The van der Waals surface area contributed by atoms with Gasteiger partial charge in [-0.3, -0.25) is 14.7 Å². The van der Waals surface area contributed by atoms with Crippen LogP contribution in [0.2, 0.25) is 0 Å². The molecule has 1 aliphatic heterocycles. The number of aromatic nitrogens is 2. The number of benzene rings is 1. The molecule has 1 unspecified atom stereocenters. The molecule has 4 rings (SSSR count). The highest BCUT2D eigenvalue weighted by Crippen LogP contribution is 2.23. The molecular formula is C22H21F2N5O. The van der Waals surface area contributed by atoms with Crippen LogP contribution in [0.15, 0.2) is 41.3 Å². The second-order valence-electron chi connectivity index (χ2n) is 7.49. The van der Waals surface area contributed by atoms with E-state index in [9.17, 15) is 13.6 Å². The van der Waals surface area contributed by atoms with Gasteiger partial charge in [-0.1, -0.05) is 0 Å². The third-order valence-corrected chi connectivity index (χ3v) is 5.40. The smallest absolute Gasteiger partial charge is 0.254 e. The van der Waals surface area contributed by atoms with Crippen LogP contribution >= 0.6 is 0 Å². The van der Waals surface area contributed by atoms with Gasteiger partial charge in [-0.05, 0) is 42.8 Å². The number of H-pyrrole nitrogens is 1. The fraction of sp³-hybridized carbons (Fsp3) is 0.318. The van der Waals surface area contributed by atoms with Gasteiger partial charge in [0, 0.05) is 38.9 Å². The monoisotopic (exact) mass is 409 g/mol. The predicted molar refractivity (Wildman–Crippen MR) is 110 cm³/mol. The fourth-order valence-corrected chi connectivity index (χ4v) is 3.76. The second-order valence-corrected chi connectivity index (χ2v) is 7.49. The first kappa shape index (κ1) is 20.0. The average Bonchev–Trinajstić information content (AvgIpc) is 2.73. The summed E-state index contributed by atoms with van der Waals surface area (Å²) in [5.41, 5.74) is 2.54. The Morgan fingerprint density at radius 1 is 1.23 bits per heavy atom. The Morgan fingerprint density at radius 3 is 2.67 bits per heavy atom. The summed E-state index contributed by atoms with van der Waals surface area (Å²) in [7, 11) is 0. The average molecular weight is 409 g/mol. The number of pyridine rings is 2. The number of nitrogens with one attached hydrogen (secondary N) is 1. The number of nitriles is 1. The lowest BCUT2D eigenvalue weighted by molar-refractivity contribution is 0.249. The van der Waals surface area contributed by atoms with E-state index in [1.807, 2.05) is 17.0 Å². The molecule has 0 radical (unpaired) electrons. The van der Waals surface area contributed by atoms with Crippen molar-refractivity contribution in [1.82, 2.24) is 14.9 Å². The van der Waals surface area contributed by atoms with Gasteiger partial charge in [0.05, 0.1) is 33.9 Å². The Labute approximate surface area is 172 Å². The van der Waals surface area contributed by atoms with Gasteiger partial charge in [0.25, 0.3) is 5.56 Å². The minimum absolute atomic E-state index is 0.0777. The zero-order chi connectivity index (χ0) is 21.3. The zero-order valence-corrected chi connectivity index (χ0v) is 16.5. The Morgan fingerprint density at radius 2 is 2.00 bits per heavy atom. The number of halogens is 2. The van der Waals surface area contributed by atoms with E-state index in [2.05, 4.69) is 14.9 Å². The Balaban J connectivity index is 1.44. The van der Waals surface area contributed by atoms with E-state index >= 15 is 0 Å². The molecule has 0 aliphatic carbocycles. The van der Waals surface area contributed by atoms with Crippen molar-refractivity contribution in [2.45, 2.75) is 19.6 Å². The minimum atomic E-state index is -1.35. The Kier molecular flexibility index (Phi) is 5.46. The molecule has 1 aliphatic rings. The summed E-state index contributed by atoms with van der Waals surface area (Å²) in [5, 5.41) is 8.88. The third-order valence-electron chi connectivity index (χ3n) is 5.40. The van der Waals surface area contributed by atoms with E-state index in [4.69, 9.17) is 5.26 Å². The highest BCUT2D eigenvalue weighted by molar-refractivity contribution is 5.75. The Bertz CT molecular complexity index is 1180. The molecule has 6 nitrogen and oxygen atoms in total. The third kappa shape index (κ3) is 4.02. The van der Waals surface area contributed by atoms with E-state index in [-0.39, 0.29) is 11.4 Å². The van der Waals surface area contributed by atoms with Crippen LogP contribution < -0.4 is 10.5 Å². The van der Waals surface area contributed by atoms with Gasteiger partial charge < -0.3 is 9.88 Å². The summed E-state index contributed by atoms with van der Waals surface area (Å²) in [6, 6.07) is 9.84. The van der Waals surface area contributed by atoms with E-state index in [1.165, 1.54) is 19.1 Å². The SMILES string of the molecule is CC(F)c1cc2ncc(CN3CCN(c4ccc(C#N)cc4F)CC3)cc2[nH]c1=O. The zero-order valence-electron chi connectivity index (χ0n) is 16.5. The number of hydrogen-bond donors (Lipinski definition) is 1. The lowest BCUT2D eigenvalue weighted by Gasteiger charge is -2.36. The molecule has 1 fully saturated rings. The van der Waals surface area contributed by atoms with Gasteiger partial charge in [0.15, 0.2) is 0 Å². The fourth-order valence-electron chi connectivity index (χ4n) is 3.76. The van der Waals surface area contributed by atoms with Gasteiger partial charge in [-0.25, -0.2) is 8.78 Å². The summed E-state index contributed by atoms with van der Waals surface area (Å²) < 4.78 is 27.8. The number of rotatable bonds is 4. The molecule has 3 heterocycles. The molecule has 0 amide bonds. The van der Waals surface area contributed by atoms with Crippen molar-refractivity contribution in [2.24, 2.45) is 0 Å². The van der Waals surface area contributed by atoms with Gasteiger partial charge in [-0.2, -0.15) is 5.26 Å². The number of anilines is 1. The van der Waals surface area contributed by atoms with E-state index in [0.29, 0.717) is 41.9 Å². The first-order chi connectivity index (χ1) is 14.4. The molecule has 3 aromatic rings. The van der Waals surface area contributed by atoms with E-state index in [1.54, 1.807) is 18.3 Å². The molecule has 30 heavy (non-hydrogen) atoms. The van der Waals surface area contributed by atoms with Gasteiger partial charge in [0.2, 0.25) is 0 Å². The summed E-state index contributed by atoms with van der Waals surface area (Å²) in [5.74, 6) is -0.382. The molecule has 0 spiro atoms. The molecule has 8 heteroatoms. The first-order valence-electron chi connectivity index (χ1n) is 9.77. The van der Waals surface area contributed by atoms with E-state index in [0.717, 1.165) is 18.7 Å². The van der Waals surface area contributed by atoms with Crippen molar-refractivity contribution in [2.75, 3.05) is 31.1 Å². The molecule has 1 N–H and O–H groups in total. The van der Waals surface area contributed by atoms with Crippen LogP contribution in [0.4, 0.5) is 14.5 Å². The molecular weight excluding hydrogens is 388 g/mol. The van der Waals surface area contributed by atoms with Gasteiger partial charge in [0.1, 0.15) is 12.0 Å². The van der Waals surface area contributed by atoms with Crippen LogP contribution in [0.3, 0.4) is 0 Å². The van der Waals surface area contributed by atoms with E-state index < -0.39 is 11.7 Å². The lowest BCUT2D eigenvalue weighted by atomic mass is 10.1. The molecule has 0 bridgehead atoms. The van der Waals surface area contributed by atoms with Crippen molar-refractivity contribution < 1.29 is 8.78 Å². The largest absolute Gasteiger partial charge is 0.367 e. The van der Waals surface area contributed by atoms with Crippen molar-refractivity contribution in [1.29, 1.82) is 5.26 Å². The highest BCUT2D eigenvalue weighted by Gasteiger charge is 2.20. The summed E-state index contributed by atoms with van der Waals surface area (Å²) in [6.45, 7) is 4.79. The van der Waals surface area contributed by atoms with Crippen molar-refractivity contribution in [3.63, 3.8) is 0 Å². The van der Waals surface area contributed by atoms with Crippen LogP contribution in [0, 0.1) is 17.1 Å². The maximum atomic E-state index is 14.3. The quantitative estimate of drug-likeness (QED) is 0.716. The number of aromatic amines is 1. The minimum Gasteiger partial charge on any atom is -0.367 e. The van der Waals surface area contributed by atoms with Crippen molar-refractivity contribution >= 4 is 16.7 Å². The summed E-state index contributed by atoms with van der Waals surface area (Å²) >= 11 is 0. The van der Waals surface area contributed by atoms with Crippen LogP contribution in [0.25, 0.3) is 11.0 Å². The van der Waals surface area contributed by atoms with Crippen LogP contribution in [0.5, 0.6) is 0 Å². The lowest BCUT2D eigenvalue weighted by Crippen LogP contribution is -2.46. The predicted octanol–water partition coefficient (Wildman–Crippen LogP) is 3.29. The van der Waals surface area contributed by atoms with Gasteiger partial charge in [-0.15, -0.1) is 0 Å². The molecule has 1 aromatic carbocycles. The number of fused-ring (bicyclic) bond motifs is 1. The summed E-state index contributed by atoms with van der Waals surface area (Å²) in [4.78, 5) is 23.3. The molecule has 1 atom stereocenters. The van der Waals surface area contributed by atoms with Crippen molar-refractivity contribution in [3.8, 4) is 6.07 Å². The van der Waals surface area contributed by atoms with Crippen LogP contribution in [0.1, 0.15) is 29.8 Å². The van der Waals surface area contributed by atoms with Gasteiger partial charge >= 0.3 is 0 Å². The Hall–Kier alpha value is -3.31. The normalized spacial score (nSPS) is 15.9. The maximum Gasteiger partial charge on any atom is 0.254 e. The number of alkyl halides is 1. The highest BCUT2D eigenvalue weighted by atomic mass is 19.1. The molecule has 1 saturated heterocycles.